The van der Waals surface area contributed by atoms with Crippen LogP contribution in [0.1, 0.15) is 106 Å². The summed E-state index contributed by atoms with van der Waals surface area (Å²) in [5.74, 6) is -0.863. The lowest BCUT2D eigenvalue weighted by atomic mass is 9.81. The van der Waals surface area contributed by atoms with Crippen LogP contribution in [0.2, 0.25) is 0 Å². The number of nitrogens with zero attached hydrogens (tertiary/aromatic N) is 2. The molecule has 1 aromatic rings. The number of aliphatic hydroxyl groups excluding tert-OH is 1. The van der Waals surface area contributed by atoms with E-state index >= 15 is 0 Å². The van der Waals surface area contributed by atoms with Gasteiger partial charge in [-0.3, -0.25) is 29.5 Å². The van der Waals surface area contributed by atoms with Crippen LogP contribution in [0, 0.1) is 23.2 Å². The van der Waals surface area contributed by atoms with E-state index in [-0.39, 0.29) is 60.8 Å². The molecule has 1 fully saturated rings. The number of esters is 1. The number of rotatable bonds is 5. The lowest BCUT2D eigenvalue weighted by Gasteiger charge is -2.36. The molecule has 3 amide bonds. The molecular formula is C43H67N5O8S. The number of hydrogen-bond donors (Lipinski definition) is 4. The van der Waals surface area contributed by atoms with Crippen molar-refractivity contribution in [3.05, 3.63) is 29.8 Å². The molecule has 3 aliphatic heterocycles. The Morgan fingerprint density at radius 3 is 2.39 bits per heavy atom. The highest BCUT2D eigenvalue weighted by Crippen LogP contribution is 2.34. The first-order valence-electron chi connectivity index (χ1n) is 20.8. The van der Waals surface area contributed by atoms with Gasteiger partial charge in [0.05, 0.1) is 42.9 Å². The summed E-state index contributed by atoms with van der Waals surface area (Å²) in [5, 5.41) is 21.1. The zero-order valence-electron chi connectivity index (χ0n) is 35.5. The molecule has 1 aromatic carbocycles. The smallest absolute Gasteiger partial charge is 0.329 e. The molecule has 14 heteroatoms. The molecule has 0 aliphatic carbocycles. The second-order valence-corrected chi connectivity index (χ2v) is 18.5. The monoisotopic (exact) mass is 813 g/mol. The predicted molar refractivity (Wildman–Crippen MR) is 223 cm³/mol. The van der Waals surface area contributed by atoms with Gasteiger partial charge in [0.25, 0.3) is 0 Å². The molecule has 57 heavy (non-hydrogen) atoms. The first-order valence-corrected chi connectivity index (χ1v) is 21.8. The highest BCUT2D eigenvalue weighted by Gasteiger charge is 2.42. The molecule has 10 atom stereocenters. The van der Waals surface area contributed by atoms with Gasteiger partial charge in [-0.15, -0.1) is 11.8 Å². The summed E-state index contributed by atoms with van der Waals surface area (Å²) in [5.41, 5.74) is 0.436. The Hall–Kier alpha value is -3.49. The molecule has 13 nitrogen and oxygen atoms in total. The second kappa shape index (κ2) is 21.0. The van der Waals surface area contributed by atoms with Gasteiger partial charge in [0.2, 0.25) is 17.7 Å². The van der Waals surface area contributed by atoms with Crippen LogP contribution in [0.5, 0.6) is 5.75 Å². The van der Waals surface area contributed by atoms with E-state index in [2.05, 4.69) is 22.9 Å². The summed E-state index contributed by atoms with van der Waals surface area (Å²) in [7, 11) is 1.58. The molecule has 2 bridgehead atoms. The number of aliphatic imine (C=N–C) groups is 1. The topological polar surface area (TPSA) is 176 Å². The quantitative estimate of drug-likeness (QED) is 0.311. The number of amides is 3. The number of ketones is 1. The molecule has 4 N–H and O–H groups in total. The van der Waals surface area contributed by atoms with Crippen LogP contribution < -0.4 is 20.7 Å². The molecule has 0 spiro atoms. The van der Waals surface area contributed by atoms with Crippen LogP contribution >= 0.6 is 11.8 Å². The van der Waals surface area contributed by atoms with Crippen molar-refractivity contribution in [2.45, 2.75) is 149 Å². The zero-order valence-corrected chi connectivity index (χ0v) is 36.3. The maximum absolute atomic E-state index is 14.2. The van der Waals surface area contributed by atoms with Crippen LogP contribution in [0.15, 0.2) is 29.3 Å². The Morgan fingerprint density at radius 2 is 1.74 bits per heavy atom. The summed E-state index contributed by atoms with van der Waals surface area (Å²) >= 11 is 1.60. The normalized spacial score (nSPS) is 31.5. The van der Waals surface area contributed by atoms with E-state index in [0.29, 0.717) is 56.6 Å². The zero-order chi connectivity index (χ0) is 42.0. The number of hydrogen-bond acceptors (Lipinski definition) is 11. The average molecular weight is 814 g/mol. The third kappa shape index (κ3) is 13.0. The van der Waals surface area contributed by atoms with Crippen molar-refractivity contribution in [2.24, 2.45) is 28.2 Å². The molecule has 318 valence electrons. The Balaban J connectivity index is 1.60. The molecular weight excluding hydrogens is 747 g/mol. The summed E-state index contributed by atoms with van der Waals surface area (Å²) in [4.78, 5) is 75.3. The minimum absolute atomic E-state index is 0.0139. The van der Waals surface area contributed by atoms with Gasteiger partial charge < -0.3 is 30.1 Å². The van der Waals surface area contributed by atoms with Gasteiger partial charge in [0.15, 0.2) is 5.78 Å². The number of thioether (sulfide) groups is 1. The van der Waals surface area contributed by atoms with Crippen LogP contribution in [-0.4, -0.2) is 113 Å². The van der Waals surface area contributed by atoms with Crippen molar-refractivity contribution in [1.29, 1.82) is 0 Å². The maximum atomic E-state index is 14.2. The molecule has 4 rings (SSSR count). The number of carbonyl (C=O) groups excluding carboxylic acids is 5. The Bertz CT molecular complexity index is 1580. The highest BCUT2D eigenvalue weighted by molar-refractivity contribution is 8.14. The number of aliphatic hydroxyl groups is 1. The Morgan fingerprint density at radius 1 is 1.04 bits per heavy atom. The first kappa shape index (κ1) is 46.2. The summed E-state index contributed by atoms with van der Waals surface area (Å²) < 4.78 is 11.5. The summed E-state index contributed by atoms with van der Waals surface area (Å²) in [6.45, 7) is 15.7. The Labute approximate surface area is 343 Å². The number of nitrogens with one attached hydrogen (secondary N) is 3. The standard InChI is InChI=1S/C43H67N5O8S/c1-10-26(3)38-41(53)48-19-11-12-33(48)42(54)56-36(43(6,7)8)21-25(2)20-34(49)27(4)40-45-30(24-57-40)15-18-37(51)46-32(22-29-13-16-31(55-9)17-14-29)35(50)23-44-28(5)39(52)47-38/h13-14,16-17,25-28,30,32-34,36,38,44,49H,10-12,15,18-24H2,1-9H3,(H,46,51)(H,47,52)/t25-,26-,27+,28-,30+,32-,33-,34-,36-,38-/m0/s1. The lowest BCUT2D eigenvalue weighted by molar-refractivity contribution is -0.164. The molecule has 3 heterocycles. The van der Waals surface area contributed by atoms with Gasteiger partial charge in [-0.25, -0.2) is 4.79 Å². The fraction of sp³-hybridized carbons (Fsp3) is 0.721. The predicted octanol–water partition coefficient (Wildman–Crippen LogP) is 4.47. The fourth-order valence-electron chi connectivity index (χ4n) is 7.56. The minimum atomic E-state index is -0.892. The van der Waals surface area contributed by atoms with Crippen molar-refractivity contribution >= 4 is 46.3 Å². The molecule has 3 aliphatic rings. The van der Waals surface area contributed by atoms with Gasteiger partial charge in [-0.05, 0) is 80.4 Å². The Kier molecular flexibility index (Phi) is 17.0. The third-order valence-electron chi connectivity index (χ3n) is 11.8. The number of Topliss-reactive ketones (excluding diaryl/α,β-unsaturated/α-hetero) is 1. The van der Waals surface area contributed by atoms with Gasteiger partial charge in [-0.1, -0.05) is 67.0 Å². The summed E-state index contributed by atoms with van der Waals surface area (Å²) in [6.07, 6.45) is 2.50. The van der Waals surface area contributed by atoms with Crippen molar-refractivity contribution in [3.8, 4) is 5.75 Å². The van der Waals surface area contributed by atoms with E-state index < -0.39 is 53.7 Å². The average Bonchev–Trinajstić information content (AvgIpc) is 3.87. The van der Waals surface area contributed by atoms with Crippen LogP contribution in [0.3, 0.4) is 0 Å². The van der Waals surface area contributed by atoms with Crippen molar-refractivity contribution < 1.29 is 38.6 Å². The van der Waals surface area contributed by atoms with Gasteiger partial charge >= 0.3 is 5.97 Å². The number of benzene rings is 1. The number of ether oxygens (including phenoxy) is 2. The minimum Gasteiger partial charge on any atom is -0.497 e. The molecule has 0 aromatic heterocycles. The fourth-order valence-corrected chi connectivity index (χ4v) is 8.81. The van der Waals surface area contributed by atoms with Crippen LogP contribution in [0.25, 0.3) is 0 Å². The van der Waals surface area contributed by atoms with E-state index in [0.717, 1.165) is 10.6 Å². The van der Waals surface area contributed by atoms with Crippen molar-refractivity contribution in [3.63, 3.8) is 0 Å². The van der Waals surface area contributed by atoms with Crippen LogP contribution in [0.4, 0.5) is 0 Å². The van der Waals surface area contributed by atoms with E-state index in [1.807, 2.05) is 53.7 Å². The molecule has 0 radical (unpaired) electrons. The van der Waals surface area contributed by atoms with E-state index in [9.17, 15) is 29.1 Å². The number of carbonyl (C=O) groups is 5. The van der Waals surface area contributed by atoms with E-state index in [1.165, 1.54) is 0 Å². The number of methoxy groups -OCH3 is 1. The lowest BCUT2D eigenvalue weighted by Crippen LogP contribution is -2.57. The van der Waals surface area contributed by atoms with Gasteiger partial charge in [0.1, 0.15) is 23.9 Å². The molecule has 0 unspecified atom stereocenters. The van der Waals surface area contributed by atoms with Crippen molar-refractivity contribution in [1.82, 2.24) is 20.9 Å². The highest BCUT2D eigenvalue weighted by atomic mass is 32.2. The van der Waals surface area contributed by atoms with E-state index in [4.69, 9.17) is 14.5 Å². The first-order chi connectivity index (χ1) is 26.9. The molecule has 0 saturated carbocycles. The van der Waals surface area contributed by atoms with E-state index in [1.54, 1.807) is 42.8 Å². The van der Waals surface area contributed by atoms with Gasteiger partial charge in [-0.2, -0.15) is 0 Å². The van der Waals surface area contributed by atoms with Gasteiger partial charge in [0, 0.05) is 24.6 Å². The maximum Gasteiger partial charge on any atom is 0.329 e. The second-order valence-electron chi connectivity index (χ2n) is 17.5. The molecule has 1 saturated heterocycles. The SMILES string of the molecule is CC[C@H](C)[C@@H]1NC(=O)[C@H](C)NCC(=O)[C@H](Cc2ccc(OC)cc2)NC(=O)CC[C@@H]2CSC(=N2)[C@H](C)[C@@H](O)C[C@H](C)C[C@@H](C(C)(C)C)OC(=O)[C@@H]2CCCN2C1=O. The van der Waals surface area contributed by atoms with Crippen molar-refractivity contribution in [2.75, 3.05) is 26.0 Å². The third-order valence-corrected chi connectivity index (χ3v) is 13.1. The van der Waals surface area contributed by atoms with Crippen LogP contribution in [-0.2, 0) is 35.1 Å². The number of cyclic esters (lactones) is 1. The largest absolute Gasteiger partial charge is 0.497 e. The summed E-state index contributed by atoms with van der Waals surface area (Å²) in [6, 6.07) is 3.82. The number of fused-ring (bicyclic) bond motifs is 2.